The first kappa shape index (κ1) is 17.1. The lowest BCUT2D eigenvalue weighted by Crippen LogP contribution is -2.46. The van der Waals surface area contributed by atoms with Crippen molar-refractivity contribution < 1.29 is 14.0 Å². The molecule has 1 aliphatic rings. The molecule has 126 valence electrons. The van der Waals surface area contributed by atoms with E-state index in [1.165, 1.54) is 0 Å². The Morgan fingerprint density at radius 1 is 1.17 bits per heavy atom. The molecule has 1 aromatic carbocycles. The summed E-state index contributed by atoms with van der Waals surface area (Å²) < 4.78 is 5.85. The lowest BCUT2D eigenvalue weighted by molar-refractivity contribution is 0.0666. The summed E-state index contributed by atoms with van der Waals surface area (Å²) in [6.07, 6.45) is 1.43. The molecule has 1 aromatic heterocycles. The largest absolute Gasteiger partial charge is 0.444 e. The number of benzene rings is 1. The van der Waals surface area contributed by atoms with Crippen LogP contribution in [-0.2, 0) is 0 Å². The van der Waals surface area contributed by atoms with Crippen LogP contribution in [0.15, 0.2) is 50.4 Å². The third kappa shape index (κ3) is 3.84. The van der Waals surface area contributed by atoms with E-state index in [0.29, 0.717) is 46.8 Å². The summed E-state index contributed by atoms with van der Waals surface area (Å²) in [5.41, 5.74) is 0.569. The Morgan fingerprint density at radius 3 is 2.50 bits per heavy atom. The third-order valence-electron chi connectivity index (χ3n) is 4.05. The van der Waals surface area contributed by atoms with Gasteiger partial charge >= 0.3 is 0 Å². The molecule has 3 rings (SSSR count). The topological polar surface area (TPSA) is 62.6 Å². The number of nitrogens with zero attached hydrogens (tertiary/aromatic N) is 1. The van der Waals surface area contributed by atoms with Gasteiger partial charge in [0.1, 0.15) is 0 Å². The highest BCUT2D eigenvalue weighted by Gasteiger charge is 2.26. The van der Waals surface area contributed by atoms with Crippen LogP contribution in [0.5, 0.6) is 0 Å². The average molecular weight is 409 g/mol. The highest BCUT2D eigenvalue weighted by Crippen LogP contribution is 2.19. The predicted octanol–water partition coefficient (Wildman–Crippen LogP) is 3.37. The van der Waals surface area contributed by atoms with Crippen LogP contribution < -0.4 is 5.32 Å². The molecule has 2 aromatic rings. The minimum absolute atomic E-state index is 0.0535. The van der Waals surface area contributed by atoms with Gasteiger partial charge in [-0.2, -0.15) is 0 Å². The van der Waals surface area contributed by atoms with Crippen LogP contribution >= 0.6 is 28.6 Å². The Bertz CT molecular complexity index is 754. The van der Waals surface area contributed by atoms with Crippen molar-refractivity contribution in [3.8, 4) is 0 Å². The first-order valence-corrected chi connectivity index (χ1v) is 8.92. The SMILES string of the molecule is O=C(NC1CCN(C(=O)c2ccc(Br)o2)CC1)c1ccccc1S. The quantitative estimate of drug-likeness (QED) is 0.765. The van der Waals surface area contributed by atoms with Crippen molar-refractivity contribution in [3.63, 3.8) is 0 Å². The molecule has 5 nitrogen and oxygen atoms in total. The fourth-order valence-corrected chi connectivity index (χ4v) is 3.31. The minimum atomic E-state index is -0.125. The standard InChI is InChI=1S/C17H17BrN2O3S/c18-15-6-5-13(23-15)17(22)20-9-7-11(8-10-20)19-16(21)12-3-1-2-4-14(12)24/h1-6,11,24H,7-10H2,(H,19,21). The molecule has 1 aliphatic heterocycles. The number of hydrogen-bond acceptors (Lipinski definition) is 4. The lowest BCUT2D eigenvalue weighted by Gasteiger charge is -2.32. The number of halogens is 1. The van der Waals surface area contributed by atoms with Gasteiger partial charge in [-0.05, 0) is 53.0 Å². The lowest BCUT2D eigenvalue weighted by atomic mass is 10.0. The van der Waals surface area contributed by atoms with E-state index in [2.05, 4.69) is 33.9 Å². The number of nitrogens with one attached hydrogen (secondary N) is 1. The number of rotatable bonds is 3. The number of furan rings is 1. The summed E-state index contributed by atoms with van der Waals surface area (Å²) in [7, 11) is 0. The molecule has 0 radical (unpaired) electrons. The fraction of sp³-hybridized carbons (Fsp3) is 0.294. The van der Waals surface area contributed by atoms with Crippen LogP contribution in [0.3, 0.4) is 0 Å². The van der Waals surface area contributed by atoms with E-state index < -0.39 is 0 Å². The maximum atomic E-state index is 12.3. The van der Waals surface area contributed by atoms with E-state index in [9.17, 15) is 9.59 Å². The number of carbonyl (C=O) groups is 2. The van der Waals surface area contributed by atoms with Crippen molar-refractivity contribution in [2.75, 3.05) is 13.1 Å². The molecule has 2 heterocycles. The number of thiol groups is 1. The Hall–Kier alpha value is -1.73. The van der Waals surface area contributed by atoms with Crippen LogP contribution in [0.2, 0.25) is 0 Å². The zero-order chi connectivity index (χ0) is 17.1. The monoisotopic (exact) mass is 408 g/mol. The summed E-state index contributed by atoms with van der Waals surface area (Å²) in [6.45, 7) is 1.18. The molecule has 7 heteroatoms. The van der Waals surface area contributed by atoms with E-state index in [-0.39, 0.29) is 17.9 Å². The van der Waals surface area contributed by atoms with Crippen molar-refractivity contribution in [2.24, 2.45) is 0 Å². The molecule has 0 aliphatic carbocycles. The second kappa shape index (κ2) is 7.44. The molecular formula is C17H17BrN2O3S. The molecule has 0 saturated carbocycles. The van der Waals surface area contributed by atoms with Gasteiger partial charge in [-0.15, -0.1) is 12.6 Å². The second-order valence-electron chi connectivity index (χ2n) is 5.66. The molecule has 0 unspecified atom stereocenters. The fourth-order valence-electron chi connectivity index (χ4n) is 2.74. The van der Waals surface area contributed by atoms with Crippen molar-refractivity contribution in [1.29, 1.82) is 0 Å². The molecule has 24 heavy (non-hydrogen) atoms. The Labute approximate surface area is 153 Å². The highest BCUT2D eigenvalue weighted by molar-refractivity contribution is 9.10. The van der Waals surface area contributed by atoms with Crippen molar-refractivity contribution in [2.45, 2.75) is 23.8 Å². The van der Waals surface area contributed by atoms with Crippen molar-refractivity contribution >= 4 is 40.4 Å². The van der Waals surface area contributed by atoms with Gasteiger partial charge in [0.25, 0.3) is 11.8 Å². The third-order valence-corrected chi connectivity index (χ3v) is 4.87. The zero-order valence-corrected chi connectivity index (χ0v) is 15.3. The smallest absolute Gasteiger partial charge is 0.289 e. The van der Waals surface area contributed by atoms with E-state index in [0.717, 1.165) is 0 Å². The van der Waals surface area contributed by atoms with Crippen molar-refractivity contribution in [3.05, 3.63) is 52.4 Å². The first-order valence-electron chi connectivity index (χ1n) is 7.68. The van der Waals surface area contributed by atoms with Crippen LogP contribution in [0.1, 0.15) is 33.8 Å². The van der Waals surface area contributed by atoms with Gasteiger partial charge in [0.05, 0.1) is 5.56 Å². The van der Waals surface area contributed by atoms with Crippen molar-refractivity contribution in [1.82, 2.24) is 10.2 Å². The minimum Gasteiger partial charge on any atom is -0.444 e. The van der Waals surface area contributed by atoms with Gasteiger partial charge in [0.15, 0.2) is 10.4 Å². The normalized spacial score (nSPS) is 15.3. The summed E-state index contributed by atoms with van der Waals surface area (Å²) in [5.74, 6) is 0.0832. The molecule has 2 amide bonds. The zero-order valence-electron chi connectivity index (χ0n) is 12.9. The molecular weight excluding hydrogens is 392 g/mol. The molecule has 1 fully saturated rings. The maximum Gasteiger partial charge on any atom is 0.289 e. The second-order valence-corrected chi connectivity index (χ2v) is 6.92. The van der Waals surface area contributed by atoms with Crippen LogP contribution in [0.4, 0.5) is 0 Å². The van der Waals surface area contributed by atoms with E-state index in [1.807, 2.05) is 12.1 Å². The number of hydrogen-bond donors (Lipinski definition) is 2. The average Bonchev–Trinajstić information content (AvgIpc) is 3.02. The summed E-state index contributed by atoms with van der Waals surface area (Å²) in [5, 5.41) is 3.02. The number of carbonyl (C=O) groups excluding carboxylic acids is 2. The summed E-state index contributed by atoms with van der Waals surface area (Å²) >= 11 is 7.51. The Kier molecular flexibility index (Phi) is 5.30. The summed E-state index contributed by atoms with van der Waals surface area (Å²) in [6, 6.07) is 10.6. The molecule has 0 spiro atoms. The molecule has 1 saturated heterocycles. The van der Waals surface area contributed by atoms with Gasteiger partial charge in [-0.25, -0.2) is 0 Å². The van der Waals surface area contributed by atoms with Crippen LogP contribution in [0.25, 0.3) is 0 Å². The van der Waals surface area contributed by atoms with Gasteiger partial charge < -0.3 is 14.6 Å². The van der Waals surface area contributed by atoms with E-state index in [1.54, 1.807) is 29.2 Å². The summed E-state index contributed by atoms with van der Waals surface area (Å²) in [4.78, 5) is 27.0. The molecule has 1 N–H and O–H groups in total. The van der Waals surface area contributed by atoms with Gasteiger partial charge in [-0.1, -0.05) is 12.1 Å². The van der Waals surface area contributed by atoms with E-state index in [4.69, 9.17) is 4.42 Å². The number of amides is 2. The van der Waals surface area contributed by atoms with Crippen LogP contribution in [-0.4, -0.2) is 35.8 Å². The Morgan fingerprint density at radius 2 is 1.88 bits per heavy atom. The Balaban J connectivity index is 1.55. The maximum absolute atomic E-state index is 12.3. The molecule has 0 atom stereocenters. The van der Waals surface area contributed by atoms with E-state index >= 15 is 0 Å². The highest BCUT2D eigenvalue weighted by atomic mass is 79.9. The van der Waals surface area contributed by atoms with Gasteiger partial charge in [0, 0.05) is 24.0 Å². The number of likely N-dealkylation sites (tertiary alicyclic amines) is 1. The van der Waals surface area contributed by atoms with Gasteiger partial charge in [0.2, 0.25) is 0 Å². The van der Waals surface area contributed by atoms with Gasteiger partial charge in [-0.3, -0.25) is 9.59 Å². The first-order chi connectivity index (χ1) is 11.5. The predicted molar refractivity (Wildman–Crippen MR) is 96.5 cm³/mol. The molecule has 0 bridgehead atoms. The van der Waals surface area contributed by atoms with Crippen LogP contribution in [0, 0.1) is 0 Å². The number of piperidine rings is 1.